The highest BCUT2D eigenvalue weighted by Crippen LogP contribution is 2.21. The van der Waals surface area contributed by atoms with Gasteiger partial charge in [0, 0.05) is 10.2 Å². The van der Waals surface area contributed by atoms with E-state index in [2.05, 4.69) is 42.0 Å². The van der Waals surface area contributed by atoms with Gasteiger partial charge in [-0.05, 0) is 36.5 Å². The Hall–Kier alpha value is -0.540. The van der Waals surface area contributed by atoms with Crippen molar-refractivity contribution in [3.05, 3.63) is 28.7 Å². The van der Waals surface area contributed by atoms with E-state index in [0.717, 1.165) is 16.6 Å². The van der Waals surface area contributed by atoms with Crippen LogP contribution in [0.25, 0.3) is 0 Å². The molecule has 96 valence electrons. The van der Waals surface area contributed by atoms with Crippen LogP contribution in [0.5, 0.6) is 0 Å². The van der Waals surface area contributed by atoms with E-state index in [0.29, 0.717) is 11.8 Å². The van der Waals surface area contributed by atoms with Crippen LogP contribution in [-0.4, -0.2) is 17.8 Å². The Balaban J connectivity index is 2.63. The monoisotopic (exact) mass is 299 g/mol. The van der Waals surface area contributed by atoms with Crippen molar-refractivity contribution in [2.24, 2.45) is 11.8 Å². The van der Waals surface area contributed by atoms with Crippen molar-refractivity contribution in [3.63, 3.8) is 0 Å². The van der Waals surface area contributed by atoms with Crippen molar-refractivity contribution in [3.8, 4) is 0 Å². The molecule has 0 aliphatic carbocycles. The van der Waals surface area contributed by atoms with Crippen molar-refractivity contribution >= 4 is 21.6 Å². The number of halogens is 1. The summed E-state index contributed by atoms with van der Waals surface area (Å²) in [5.41, 5.74) is 1.05. The van der Waals surface area contributed by atoms with Crippen molar-refractivity contribution in [2.45, 2.75) is 33.2 Å². The van der Waals surface area contributed by atoms with Crippen LogP contribution < -0.4 is 5.32 Å². The van der Waals surface area contributed by atoms with Crippen molar-refractivity contribution in [2.75, 3.05) is 11.9 Å². The van der Waals surface area contributed by atoms with Crippen LogP contribution in [0.1, 0.15) is 27.2 Å². The molecule has 0 bridgehead atoms. The summed E-state index contributed by atoms with van der Waals surface area (Å²) < 4.78 is 1.05. The lowest BCUT2D eigenvalue weighted by molar-refractivity contribution is 0.231. The van der Waals surface area contributed by atoms with E-state index in [4.69, 9.17) is 0 Å². The lowest BCUT2D eigenvalue weighted by Crippen LogP contribution is -2.31. The first kappa shape index (κ1) is 14.5. The van der Waals surface area contributed by atoms with Gasteiger partial charge in [-0.1, -0.05) is 42.8 Å². The van der Waals surface area contributed by atoms with Gasteiger partial charge < -0.3 is 10.4 Å². The molecule has 2 N–H and O–H groups in total. The van der Waals surface area contributed by atoms with Gasteiger partial charge in [0.2, 0.25) is 0 Å². The molecular formula is C14H22BrNO. The molecule has 0 amide bonds. The first-order chi connectivity index (χ1) is 8.02. The topological polar surface area (TPSA) is 32.3 Å². The van der Waals surface area contributed by atoms with Gasteiger partial charge in [0.1, 0.15) is 0 Å². The summed E-state index contributed by atoms with van der Waals surface area (Å²) >= 11 is 3.45. The normalized spacial score (nSPS) is 14.7. The molecule has 2 atom stereocenters. The summed E-state index contributed by atoms with van der Waals surface area (Å²) in [6.45, 7) is 6.78. The van der Waals surface area contributed by atoms with Crippen LogP contribution >= 0.6 is 15.9 Å². The first-order valence-electron chi connectivity index (χ1n) is 6.16. The Kier molecular flexibility index (Phi) is 6.00. The highest BCUT2D eigenvalue weighted by Gasteiger charge is 2.17. The molecule has 0 radical (unpaired) electrons. The molecule has 0 aromatic heterocycles. The molecule has 1 aromatic carbocycles. The van der Waals surface area contributed by atoms with Crippen LogP contribution in [0.3, 0.4) is 0 Å². The molecule has 0 spiro atoms. The summed E-state index contributed by atoms with van der Waals surface area (Å²) in [5.74, 6) is 1.11. The average molecular weight is 300 g/mol. The molecule has 0 saturated heterocycles. The second-order valence-corrected chi connectivity index (χ2v) is 5.97. The Bertz CT molecular complexity index is 341. The molecule has 0 fully saturated rings. The molecule has 2 nitrogen and oxygen atoms in total. The van der Waals surface area contributed by atoms with E-state index < -0.39 is 0 Å². The quantitative estimate of drug-likeness (QED) is 0.835. The zero-order valence-electron chi connectivity index (χ0n) is 10.8. The van der Waals surface area contributed by atoms with Crippen molar-refractivity contribution in [1.82, 2.24) is 0 Å². The van der Waals surface area contributed by atoms with Gasteiger partial charge in [-0.25, -0.2) is 0 Å². The molecular weight excluding hydrogens is 278 g/mol. The average Bonchev–Trinajstić information content (AvgIpc) is 2.24. The van der Waals surface area contributed by atoms with Crippen molar-refractivity contribution in [1.29, 1.82) is 0 Å². The van der Waals surface area contributed by atoms with E-state index in [-0.39, 0.29) is 12.6 Å². The molecule has 0 aliphatic heterocycles. The smallest absolute Gasteiger partial charge is 0.0635 e. The molecule has 1 aromatic rings. The number of aliphatic hydroxyl groups excluding tert-OH is 1. The van der Waals surface area contributed by atoms with Gasteiger partial charge in [0.25, 0.3) is 0 Å². The number of aliphatic hydroxyl groups is 1. The Labute approximate surface area is 113 Å². The zero-order valence-corrected chi connectivity index (χ0v) is 12.4. The first-order valence-corrected chi connectivity index (χ1v) is 6.95. The second-order valence-electron chi connectivity index (χ2n) is 5.05. The molecule has 1 rings (SSSR count). The van der Waals surface area contributed by atoms with Crippen LogP contribution in [0.2, 0.25) is 0 Å². The van der Waals surface area contributed by atoms with Gasteiger partial charge in [0.05, 0.1) is 12.6 Å². The Morgan fingerprint density at radius 3 is 2.53 bits per heavy atom. The summed E-state index contributed by atoms with van der Waals surface area (Å²) in [6, 6.07) is 8.16. The molecule has 0 heterocycles. The second kappa shape index (κ2) is 7.02. The number of hydrogen-bond donors (Lipinski definition) is 2. The predicted molar refractivity (Wildman–Crippen MR) is 77.3 cm³/mol. The van der Waals surface area contributed by atoms with Gasteiger partial charge in [-0.15, -0.1) is 0 Å². The Morgan fingerprint density at radius 2 is 2.00 bits per heavy atom. The lowest BCUT2D eigenvalue weighted by Gasteiger charge is -2.25. The van der Waals surface area contributed by atoms with E-state index >= 15 is 0 Å². The van der Waals surface area contributed by atoms with Crippen LogP contribution in [0, 0.1) is 11.8 Å². The molecule has 2 unspecified atom stereocenters. The zero-order chi connectivity index (χ0) is 12.8. The summed E-state index contributed by atoms with van der Waals surface area (Å²) in [7, 11) is 0. The summed E-state index contributed by atoms with van der Waals surface area (Å²) in [4.78, 5) is 0. The Morgan fingerprint density at radius 1 is 1.29 bits per heavy atom. The number of rotatable bonds is 6. The fourth-order valence-electron chi connectivity index (χ4n) is 2.07. The van der Waals surface area contributed by atoms with Crippen LogP contribution in [0.4, 0.5) is 5.69 Å². The van der Waals surface area contributed by atoms with E-state index in [1.807, 2.05) is 24.3 Å². The van der Waals surface area contributed by atoms with E-state index in [1.54, 1.807) is 0 Å². The number of anilines is 1. The number of nitrogens with one attached hydrogen (secondary N) is 1. The minimum absolute atomic E-state index is 0.117. The third-order valence-corrected chi connectivity index (χ3v) is 3.40. The number of hydrogen-bond acceptors (Lipinski definition) is 2. The molecule has 0 saturated carbocycles. The fraction of sp³-hybridized carbons (Fsp3) is 0.571. The maximum Gasteiger partial charge on any atom is 0.0635 e. The maximum absolute atomic E-state index is 9.47. The van der Waals surface area contributed by atoms with Gasteiger partial charge in [0.15, 0.2) is 0 Å². The van der Waals surface area contributed by atoms with Crippen LogP contribution in [0.15, 0.2) is 28.7 Å². The maximum atomic E-state index is 9.47. The third kappa shape index (κ3) is 5.09. The van der Waals surface area contributed by atoms with Crippen LogP contribution in [-0.2, 0) is 0 Å². The third-order valence-electron chi connectivity index (χ3n) is 2.90. The minimum atomic E-state index is 0.117. The SMILES string of the molecule is CC(C)CC(C)C(CO)Nc1cccc(Br)c1. The van der Waals surface area contributed by atoms with Gasteiger partial charge in [-0.2, -0.15) is 0 Å². The standard InChI is InChI=1S/C14H22BrNO/c1-10(2)7-11(3)14(9-17)16-13-6-4-5-12(15)8-13/h4-6,8,10-11,14,16-17H,7,9H2,1-3H3. The largest absolute Gasteiger partial charge is 0.394 e. The fourth-order valence-corrected chi connectivity index (χ4v) is 2.47. The van der Waals surface area contributed by atoms with Crippen molar-refractivity contribution < 1.29 is 5.11 Å². The van der Waals surface area contributed by atoms with E-state index in [1.165, 1.54) is 0 Å². The highest BCUT2D eigenvalue weighted by atomic mass is 79.9. The van der Waals surface area contributed by atoms with E-state index in [9.17, 15) is 5.11 Å². The molecule has 17 heavy (non-hydrogen) atoms. The number of benzene rings is 1. The van der Waals surface area contributed by atoms with Gasteiger partial charge >= 0.3 is 0 Å². The van der Waals surface area contributed by atoms with Gasteiger partial charge in [-0.3, -0.25) is 0 Å². The lowest BCUT2D eigenvalue weighted by atomic mass is 9.92. The molecule has 3 heteroatoms. The molecule has 0 aliphatic rings. The summed E-state index contributed by atoms with van der Waals surface area (Å²) in [6.07, 6.45) is 1.12. The minimum Gasteiger partial charge on any atom is -0.394 e. The predicted octanol–water partition coefficient (Wildman–Crippen LogP) is 3.90. The summed E-state index contributed by atoms with van der Waals surface area (Å²) in [5, 5.41) is 12.9. The highest BCUT2D eigenvalue weighted by molar-refractivity contribution is 9.10.